The Bertz CT molecular complexity index is 906. The minimum absolute atomic E-state index is 0.105. The molecule has 0 heterocycles. The third-order valence-corrected chi connectivity index (χ3v) is 4.31. The summed E-state index contributed by atoms with van der Waals surface area (Å²) in [5.41, 5.74) is 0.00115. The number of carbonyl (C=O) groups is 3. The maximum absolute atomic E-state index is 12.7. The first-order chi connectivity index (χ1) is 15.1. The van der Waals surface area contributed by atoms with E-state index in [9.17, 15) is 14.4 Å². The van der Waals surface area contributed by atoms with Gasteiger partial charge in [-0.05, 0) is 57.5 Å². The molecule has 0 saturated carbocycles. The van der Waals surface area contributed by atoms with Crippen molar-refractivity contribution in [3.63, 3.8) is 0 Å². The number of ether oxygens (including phenoxy) is 3. The Morgan fingerprint density at radius 3 is 2.09 bits per heavy atom. The number of rotatable bonds is 8. The summed E-state index contributed by atoms with van der Waals surface area (Å²) in [6.45, 7) is 6.73. The number of carbonyl (C=O) groups excluding carboxylic acids is 3. The van der Waals surface area contributed by atoms with E-state index in [0.29, 0.717) is 17.1 Å². The van der Waals surface area contributed by atoms with E-state index < -0.39 is 35.7 Å². The second-order valence-electron chi connectivity index (χ2n) is 8.19. The van der Waals surface area contributed by atoms with Crippen LogP contribution in [0.4, 0.5) is 4.79 Å². The second kappa shape index (κ2) is 11.2. The molecular weight excluding hydrogens is 412 g/mol. The highest BCUT2D eigenvalue weighted by Gasteiger charge is 2.25. The SMILES string of the molecule is COc1ccc(C(CC(=O)Oc2ccccc2)NC(=O)C(C)NC(=O)OC(C)(C)C)cc1. The van der Waals surface area contributed by atoms with Crippen molar-refractivity contribution < 1.29 is 28.6 Å². The quantitative estimate of drug-likeness (QED) is 0.477. The molecule has 2 amide bonds. The Morgan fingerprint density at radius 2 is 1.53 bits per heavy atom. The standard InChI is InChI=1S/C24H30N2O6/c1-16(25-23(29)32-24(2,3)4)22(28)26-20(17-11-13-18(30-5)14-12-17)15-21(27)31-19-9-7-6-8-10-19/h6-14,16,20H,15H2,1-5H3,(H,25,29)(H,26,28). The summed E-state index contributed by atoms with van der Waals surface area (Å²) >= 11 is 0. The van der Waals surface area contributed by atoms with Crippen LogP contribution in [0.25, 0.3) is 0 Å². The monoisotopic (exact) mass is 442 g/mol. The van der Waals surface area contributed by atoms with Gasteiger partial charge in [-0.1, -0.05) is 30.3 Å². The molecule has 0 aliphatic carbocycles. The summed E-state index contributed by atoms with van der Waals surface area (Å²) in [5, 5.41) is 5.30. The third-order valence-electron chi connectivity index (χ3n) is 4.31. The van der Waals surface area contributed by atoms with Crippen molar-refractivity contribution in [2.45, 2.75) is 51.8 Å². The van der Waals surface area contributed by atoms with Crippen molar-refractivity contribution >= 4 is 18.0 Å². The highest BCUT2D eigenvalue weighted by Crippen LogP contribution is 2.22. The Hall–Kier alpha value is -3.55. The van der Waals surface area contributed by atoms with Gasteiger partial charge in [0.05, 0.1) is 19.6 Å². The molecule has 32 heavy (non-hydrogen) atoms. The van der Waals surface area contributed by atoms with Gasteiger partial charge in [-0.25, -0.2) is 4.79 Å². The fourth-order valence-electron chi connectivity index (χ4n) is 2.76. The van der Waals surface area contributed by atoms with Gasteiger partial charge in [-0.2, -0.15) is 0 Å². The van der Waals surface area contributed by atoms with Crippen molar-refractivity contribution in [2.24, 2.45) is 0 Å². The predicted molar refractivity (Wildman–Crippen MR) is 119 cm³/mol. The minimum Gasteiger partial charge on any atom is -0.497 e. The van der Waals surface area contributed by atoms with Crippen molar-refractivity contribution in [2.75, 3.05) is 7.11 Å². The lowest BCUT2D eigenvalue weighted by Gasteiger charge is -2.24. The van der Waals surface area contributed by atoms with Gasteiger partial charge in [-0.3, -0.25) is 9.59 Å². The third kappa shape index (κ3) is 8.29. The van der Waals surface area contributed by atoms with Crippen LogP contribution in [0.2, 0.25) is 0 Å². The lowest BCUT2D eigenvalue weighted by atomic mass is 10.0. The van der Waals surface area contributed by atoms with Crippen molar-refractivity contribution in [3.8, 4) is 11.5 Å². The van der Waals surface area contributed by atoms with Crippen LogP contribution >= 0.6 is 0 Å². The van der Waals surface area contributed by atoms with Crippen LogP contribution in [-0.4, -0.2) is 36.7 Å². The van der Waals surface area contributed by atoms with Gasteiger partial charge in [0.15, 0.2) is 0 Å². The Kier molecular flexibility index (Phi) is 8.63. The van der Waals surface area contributed by atoms with Gasteiger partial charge in [0.25, 0.3) is 0 Å². The maximum Gasteiger partial charge on any atom is 0.408 e. The summed E-state index contributed by atoms with van der Waals surface area (Å²) < 4.78 is 15.7. The lowest BCUT2D eigenvalue weighted by Crippen LogP contribution is -2.47. The van der Waals surface area contributed by atoms with Crippen LogP contribution in [0.3, 0.4) is 0 Å². The van der Waals surface area contributed by atoms with Gasteiger partial charge in [0.1, 0.15) is 23.1 Å². The second-order valence-corrected chi connectivity index (χ2v) is 8.19. The zero-order valence-corrected chi connectivity index (χ0v) is 19.0. The molecule has 172 valence electrons. The summed E-state index contributed by atoms with van der Waals surface area (Å²) in [6.07, 6.45) is -0.809. The van der Waals surface area contributed by atoms with Crippen molar-refractivity contribution in [3.05, 3.63) is 60.2 Å². The van der Waals surface area contributed by atoms with Gasteiger partial charge in [0.2, 0.25) is 5.91 Å². The van der Waals surface area contributed by atoms with E-state index in [4.69, 9.17) is 14.2 Å². The van der Waals surface area contributed by atoms with E-state index >= 15 is 0 Å². The Morgan fingerprint density at radius 1 is 0.906 bits per heavy atom. The number of nitrogens with one attached hydrogen (secondary N) is 2. The summed E-state index contributed by atoms with van der Waals surface area (Å²) in [4.78, 5) is 37.2. The lowest BCUT2D eigenvalue weighted by molar-refractivity contribution is -0.135. The van der Waals surface area contributed by atoms with Crippen molar-refractivity contribution in [1.82, 2.24) is 10.6 Å². The molecule has 8 heteroatoms. The minimum atomic E-state index is -0.879. The first kappa shape index (κ1) is 24.7. The molecule has 0 bridgehead atoms. The number of esters is 1. The topological polar surface area (TPSA) is 103 Å². The number of benzene rings is 2. The number of methoxy groups -OCH3 is 1. The molecule has 0 aliphatic heterocycles. The first-order valence-corrected chi connectivity index (χ1v) is 10.3. The number of hydrogen-bond acceptors (Lipinski definition) is 6. The van der Waals surface area contributed by atoms with Gasteiger partial charge < -0.3 is 24.8 Å². The Labute approximate surface area is 188 Å². The van der Waals surface area contributed by atoms with Crippen LogP contribution in [0.1, 0.15) is 45.7 Å². The molecule has 0 saturated heterocycles. The van der Waals surface area contributed by atoms with E-state index in [2.05, 4.69) is 10.6 Å². The molecule has 2 aromatic rings. The average Bonchev–Trinajstić information content (AvgIpc) is 2.72. The molecule has 2 atom stereocenters. The first-order valence-electron chi connectivity index (χ1n) is 10.3. The molecule has 0 radical (unpaired) electrons. The highest BCUT2D eigenvalue weighted by atomic mass is 16.6. The summed E-state index contributed by atoms with van der Waals surface area (Å²) in [6, 6.07) is 14.1. The number of amides is 2. The molecule has 2 N–H and O–H groups in total. The van der Waals surface area contributed by atoms with Crippen LogP contribution in [-0.2, 0) is 14.3 Å². The number of para-hydroxylation sites is 1. The van der Waals surface area contributed by atoms with Crippen LogP contribution in [0, 0.1) is 0 Å². The molecule has 2 unspecified atom stereocenters. The van der Waals surface area contributed by atoms with Gasteiger partial charge >= 0.3 is 12.1 Å². The van der Waals surface area contributed by atoms with E-state index in [1.54, 1.807) is 76.4 Å². The zero-order chi connectivity index (χ0) is 23.7. The molecule has 0 spiro atoms. The molecule has 2 rings (SSSR count). The van der Waals surface area contributed by atoms with E-state index in [0.717, 1.165) is 0 Å². The van der Waals surface area contributed by atoms with Gasteiger partial charge in [-0.15, -0.1) is 0 Å². The fourth-order valence-corrected chi connectivity index (χ4v) is 2.76. The predicted octanol–water partition coefficient (Wildman–Crippen LogP) is 3.76. The normalized spacial score (nSPS) is 12.8. The van der Waals surface area contributed by atoms with Crippen LogP contribution < -0.4 is 20.1 Å². The molecule has 2 aromatic carbocycles. The number of hydrogen-bond donors (Lipinski definition) is 2. The zero-order valence-electron chi connectivity index (χ0n) is 19.0. The summed E-state index contributed by atoms with van der Waals surface area (Å²) in [7, 11) is 1.55. The smallest absolute Gasteiger partial charge is 0.408 e. The van der Waals surface area contributed by atoms with Crippen LogP contribution in [0.5, 0.6) is 11.5 Å². The maximum atomic E-state index is 12.7. The highest BCUT2D eigenvalue weighted by molar-refractivity contribution is 5.86. The summed E-state index contributed by atoms with van der Waals surface area (Å²) in [5.74, 6) is 0.0807. The van der Waals surface area contributed by atoms with Crippen molar-refractivity contribution in [1.29, 1.82) is 0 Å². The van der Waals surface area contributed by atoms with Crippen LogP contribution in [0.15, 0.2) is 54.6 Å². The van der Waals surface area contributed by atoms with E-state index in [1.165, 1.54) is 6.92 Å². The Balaban J connectivity index is 2.10. The molecule has 0 aromatic heterocycles. The molecule has 0 fully saturated rings. The molecule has 0 aliphatic rings. The van der Waals surface area contributed by atoms with E-state index in [-0.39, 0.29) is 6.42 Å². The largest absolute Gasteiger partial charge is 0.497 e. The molecular formula is C24H30N2O6. The number of alkyl carbamates (subject to hydrolysis) is 1. The fraction of sp³-hybridized carbons (Fsp3) is 0.375. The molecule has 8 nitrogen and oxygen atoms in total. The van der Waals surface area contributed by atoms with Gasteiger partial charge in [0, 0.05) is 0 Å². The van der Waals surface area contributed by atoms with E-state index in [1.807, 2.05) is 6.07 Å². The average molecular weight is 443 g/mol.